The molecule has 4 nitrogen and oxygen atoms in total. The van der Waals surface area contributed by atoms with Gasteiger partial charge in [0.2, 0.25) is 0 Å². The molecule has 0 aliphatic heterocycles. The predicted octanol–water partition coefficient (Wildman–Crippen LogP) is 2.45. The number of hydrogen-bond acceptors (Lipinski definition) is 4. The Bertz CT molecular complexity index is 583. The molecular weight excluding hydrogens is 252 g/mol. The van der Waals surface area contributed by atoms with Crippen molar-refractivity contribution in [1.29, 1.82) is 0 Å². The van der Waals surface area contributed by atoms with Crippen LogP contribution in [0.3, 0.4) is 0 Å². The molecule has 0 amide bonds. The fourth-order valence-corrected chi connectivity index (χ4v) is 2.19. The third-order valence-corrected chi connectivity index (χ3v) is 3.19. The first-order valence-corrected chi connectivity index (χ1v) is 6.94. The molecule has 0 aliphatic carbocycles. The number of hydrogen-bond donors (Lipinski definition) is 1. The molecule has 0 aliphatic rings. The van der Waals surface area contributed by atoms with Crippen molar-refractivity contribution in [2.45, 2.75) is 32.2 Å². The zero-order chi connectivity index (χ0) is 14.4. The second kappa shape index (κ2) is 7.01. The molecule has 1 unspecified atom stereocenters. The summed E-state index contributed by atoms with van der Waals surface area (Å²) in [6, 6.07) is 10.1. The number of esters is 1. The highest BCUT2D eigenvalue weighted by atomic mass is 16.5. The van der Waals surface area contributed by atoms with E-state index in [2.05, 4.69) is 11.1 Å². The van der Waals surface area contributed by atoms with E-state index in [1.165, 1.54) is 5.56 Å². The summed E-state index contributed by atoms with van der Waals surface area (Å²) in [4.78, 5) is 15.6. The fraction of sp³-hybridized carbons (Fsp3) is 0.375. The summed E-state index contributed by atoms with van der Waals surface area (Å²) < 4.78 is 4.90. The van der Waals surface area contributed by atoms with Crippen LogP contribution in [0.1, 0.15) is 25.3 Å². The highest BCUT2D eigenvalue weighted by Gasteiger charge is 2.09. The SMILES string of the molecule is CCOC(=O)CCC(N)Cc1ccc2ncccc2c1. The first-order chi connectivity index (χ1) is 9.69. The molecular formula is C16H20N2O2. The first-order valence-electron chi connectivity index (χ1n) is 6.94. The lowest BCUT2D eigenvalue weighted by Gasteiger charge is -2.11. The van der Waals surface area contributed by atoms with Crippen molar-refractivity contribution < 1.29 is 9.53 Å². The summed E-state index contributed by atoms with van der Waals surface area (Å²) in [5.74, 6) is -0.175. The van der Waals surface area contributed by atoms with Crippen LogP contribution in [0.25, 0.3) is 10.9 Å². The van der Waals surface area contributed by atoms with Gasteiger partial charge in [0.25, 0.3) is 0 Å². The molecule has 0 radical (unpaired) electrons. The molecule has 1 atom stereocenters. The molecule has 0 saturated carbocycles. The van der Waals surface area contributed by atoms with Gasteiger partial charge in [0.15, 0.2) is 0 Å². The van der Waals surface area contributed by atoms with Crippen LogP contribution in [0.2, 0.25) is 0 Å². The normalized spacial score (nSPS) is 12.3. The number of pyridine rings is 1. The Kier molecular flexibility index (Phi) is 5.07. The topological polar surface area (TPSA) is 65.2 Å². The monoisotopic (exact) mass is 272 g/mol. The molecule has 2 rings (SSSR count). The number of ether oxygens (including phenoxy) is 1. The molecule has 0 fully saturated rings. The number of nitrogens with zero attached hydrogens (tertiary/aromatic N) is 1. The molecule has 0 bridgehead atoms. The molecule has 20 heavy (non-hydrogen) atoms. The smallest absolute Gasteiger partial charge is 0.305 e. The zero-order valence-electron chi connectivity index (χ0n) is 11.7. The van der Waals surface area contributed by atoms with E-state index in [4.69, 9.17) is 10.5 Å². The van der Waals surface area contributed by atoms with Gasteiger partial charge in [-0.2, -0.15) is 0 Å². The summed E-state index contributed by atoms with van der Waals surface area (Å²) in [5.41, 5.74) is 8.22. The second-order valence-corrected chi connectivity index (χ2v) is 4.84. The average Bonchev–Trinajstić information content (AvgIpc) is 2.45. The molecule has 0 spiro atoms. The van der Waals surface area contributed by atoms with Crippen LogP contribution in [0.5, 0.6) is 0 Å². The van der Waals surface area contributed by atoms with E-state index in [1.54, 1.807) is 13.1 Å². The zero-order valence-corrected chi connectivity index (χ0v) is 11.7. The number of benzene rings is 1. The van der Waals surface area contributed by atoms with Gasteiger partial charge in [-0.1, -0.05) is 12.1 Å². The van der Waals surface area contributed by atoms with E-state index in [1.807, 2.05) is 24.3 Å². The Balaban J connectivity index is 1.92. The minimum absolute atomic E-state index is 0.0338. The lowest BCUT2D eigenvalue weighted by atomic mass is 10.0. The largest absolute Gasteiger partial charge is 0.466 e. The van der Waals surface area contributed by atoms with E-state index in [-0.39, 0.29) is 12.0 Å². The second-order valence-electron chi connectivity index (χ2n) is 4.84. The van der Waals surface area contributed by atoms with Crippen LogP contribution in [-0.4, -0.2) is 23.6 Å². The van der Waals surface area contributed by atoms with Gasteiger partial charge in [0.05, 0.1) is 12.1 Å². The fourth-order valence-electron chi connectivity index (χ4n) is 2.19. The van der Waals surface area contributed by atoms with E-state index < -0.39 is 0 Å². The third-order valence-electron chi connectivity index (χ3n) is 3.19. The van der Waals surface area contributed by atoms with E-state index in [9.17, 15) is 4.79 Å². The average molecular weight is 272 g/mol. The summed E-state index contributed by atoms with van der Waals surface area (Å²) in [6.07, 6.45) is 3.56. The Morgan fingerprint density at radius 3 is 3.05 bits per heavy atom. The number of fused-ring (bicyclic) bond motifs is 1. The maximum absolute atomic E-state index is 11.3. The number of nitrogens with two attached hydrogens (primary N) is 1. The predicted molar refractivity (Wildman–Crippen MR) is 79.3 cm³/mol. The summed E-state index contributed by atoms with van der Waals surface area (Å²) in [5, 5.41) is 1.11. The van der Waals surface area contributed by atoms with Crippen molar-refractivity contribution in [3.05, 3.63) is 42.1 Å². The van der Waals surface area contributed by atoms with Crippen molar-refractivity contribution in [1.82, 2.24) is 4.98 Å². The van der Waals surface area contributed by atoms with Crippen molar-refractivity contribution in [3.8, 4) is 0 Å². The lowest BCUT2D eigenvalue weighted by Crippen LogP contribution is -2.24. The van der Waals surface area contributed by atoms with Gasteiger partial charge in [-0.05, 0) is 43.5 Å². The minimum atomic E-state index is -0.175. The van der Waals surface area contributed by atoms with Crippen LogP contribution in [0, 0.1) is 0 Å². The van der Waals surface area contributed by atoms with Gasteiger partial charge in [-0.15, -0.1) is 0 Å². The van der Waals surface area contributed by atoms with Crippen LogP contribution in [0.4, 0.5) is 0 Å². The van der Waals surface area contributed by atoms with Crippen LogP contribution in [-0.2, 0) is 16.0 Å². The number of rotatable bonds is 6. The molecule has 2 aromatic rings. The van der Waals surface area contributed by atoms with Gasteiger partial charge in [0, 0.05) is 24.0 Å². The third kappa shape index (κ3) is 4.03. The number of aromatic nitrogens is 1. The molecule has 4 heteroatoms. The van der Waals surface area contributed by atoms with Gasteiger partial charge in [-0.25, -0.2) is 0 Å². The van der Waals surface area contributed by atoms with Crippen molar-refractivity contribution >= 4 is 16.9 Å². The highest BCUT2D eigenvalue weighted by Crippen LogP contribution is 2.15. The van der Waals surface area contributed by atoms with Crippen LogP contribution >= 0.6 is 0 Å². The van der Waals surface area contributed by atoms with Gasteiger partial charge in [-0.3, -0.25) is 9.78 Å². The molecule has 1 heterocycles. The van der Waals surface area contributed by atoms with Crippen molar-refractivity contribution in [2.75, 3.05) is 6.61 Å². The van der Waals surface area contributed by atoms with Crippen molar-refractivity contribution in [3.63, 3.8) is 0 Å². The molecule has 1 aromatic heterocycles. The molecule has 2 N–H and O–H groups in total. The van der Waals surface area contributed by atoms with Crippen molar-refractivity contribution in [2.24, 2.45) is 5.73 Å². The maximum Gasteiger partial charge on any atom is 0.305 e. The van der Waals surface area contributed by atoms with E-state index >= 15 is 0 Å². The highest BCUT2D eigenvalue weighted by molar-refractivity contribution is 5.78. The van der Waals surface area contributed by atoms with E-state index in [0.717, 1.165) is 17.3 Å². The lowest BCUT2D eigenvalue weighted by molar-refractivity contribution is -0.143. The van der Waals surface area contributed by atoms with Gasteiger partial charge < -0.3 is 10.5 Å². The van der Waals surface area contributed by atoms with Gasteiger partial charge >= 0.3 is 5.97 Å². The number of carbonyl (C=O) groups excluding carboxylic acids is 1. The quantitative estimate of drug-likeness (QED) is 0.820. The summed E-state index contributed by atoms with van der Waals surface area (Å²) >= 11 is 0. The van der Waals surface area contributed by atoms with Crippen LogP contribution in [0.15, 0.2) is 36.5 Å². The summed E-state index contributed by atoms with van der Waals surface area (Å²) in [7, 11) is 0. The minimum Gasteiger partial charge on any atom is -0.466 e. The molecule has 0 saturated heterocycles. The molecule has 1 aromatic carbocycles. The van der Waals surface area contributed by atoms with Crippen LogP contribution < -0.4 is 5.73 Å². The molecule has 106 valence electrons. The first kappa shape index (κ1) is 14.5. The van der Waals surface area contributed by atoms with Gasteiger partial charge in [0.1, 0.15) is 0 Å². The maximum atomic E-state index is 11.3. The standard InChI is InChI=1S/C16H20N2O2/c1-2-20-16(19)8-6-14(17)11-12-5-7-15-13(10-12)4-3-9-18-15/h3-5,7,9-10,14H,2,6,8,11,17H2,1H3. The number of carbonyl (C=O) groups is 1. The Hall–Kier alpha value is -1.94. The Morgan fingerprint density at radius 1 is 1.40 bits per heavy atom. The Labute approximate surface area is 119 Å². The Morgan fingerprint density at radius 2 is 2.25 bits per heavy atom. The van der Waals surface area contributed by atoms with E-state index in [0.29, 0.717) is 19.4 Å². The summed E-state index contributed by atoms with van der Waals surface area (Å²) in [6.45, 7) is 2.23.